The van der Waals surface area contributed by atoms with Gasteiger partial charge in [-0.15, -0.1) is 0 Å². The van der Waals surface area contributed by atoms with E-state index in [9.17, 15) is 0 Å². The van der Waals surface area contributed by atoms with E-state index in [-0.39, 0.29) is 0 Å². The molecule has 102 valence electrons. The SMILES string of the molecule is COc1ccc(-c2nc(CCN)n3ccccc23)cc1. The van der Waals surface area contributed by atoms with Crippen LogP contribution in [0.2, 0.25) is 0 Å². The van der Waals surface area contributed by atoms with E-state index in [0.29, 0.717) is 6.54 Å². The Morgan fingerprint density at radius 3 is 2.65 bits per heavy atom. The van der Waals surface area contributed by atoms with Gasteiger partial charge in [-0.25, -0.2) is 4.98 Å². The third-order valence-corrected chi connectivity index (χ3v) is 3.35. The van der Waals surface area contributed by atoms with Gasteiger partial charge in [0, 0.05) is 18.2 Å². The van der Waals surface area contributed by atoms with E-state index in [4.69, 9.17) is 15.5 Å². The molecule has 0 aliphatic rings. The number of ether oxygens (including phenoxy) is 1. The molecule has 3 aromatic rings. The summed E-state index contributed by atoms with van der Waals surface area (Å²) in [5, 5.41) is 0. The summed E-state index contributed by atoms with van der Waals surface area (Å²) in [6.07, 6.45) is 2.79. The predicted octanol–water partition coefficient (Wildman–Crippen LogP) is 2.51. The number of nitrogens with two attached hydrogens (primary N) is 1. The lowest BCUT2D eigenvalue weighted by Gasteiger charge is -2.01. The average molecular weight is 267 g/mol. The van der Waals surface area contributed by atoms with E-state index in [0.717, 1.165) is 34.8 Å². The predicted molar refractivity (Wildman–Crippen MR) is 79.9 cm³/mol. The summed E-state index contributed by atoms with van der Waals surface area (Å²) in [7, 11) is 1.67. The Hall–Kier alpha value is -2.33. The highest BCUT2D eigenvalue weighted by molar-refractivity contribution is 5.78. The zero-order valence-electron chi connectivity index (χ0n) is 11.4. The van der Waals surface area contributed by atoms with Crippen LogP contribution in [0.15, 0.2) is 48.7 Å². The van der Waals surface area contributed by atoms with Crippen molar-refractivity contribution >= 4 is 5.52 Å². The van der Waals surface area contributed by atoms with Crippen molar-refractivity contribution in [3.05, 3.63) is 54.5 Å². The van der Waals surface area contributed by atoms with Gasteiger partial charge in [-0.05, 0) is 42.9 Å². The minimum Gasteiger partial charge on any atom is -0.497 e. The van der Waals surface area contributed by atoms with E-state index in [1.807, 2.05) is 42.6 Å². The van der Waals surface area contributed by atoms with Crippen molar-refractivity contribution < 1.29 is 4.74 Å². The maximum absolute atomic E-state index is 5.67. The quantitative estimate of drug-likeness (QED) is 0.790. The van der Waals surface area contributed by atoms with Crippen LogP contribution in [0.3, 0.4) is 0 Å². The first kappa shape index (κ1) is 12.7. The number of fused-ring (bicyclic) bond motifs is 1. The molecule has 4 nitrogen and oxygen atoms in total. The van der Waals surface area contributed by atoms with E-state index in [1.165, 1.54) is 0 Å². The van der Waals surface area contributed by atoms with Crippen molar-refractivity contribution in [1.82, 2.24) is 9.38 Å². The summed E-state index contributed by atoms with van der Waals surface area (Å²) in [5.41, 5.74) is 8.83. The molecule has 0 aliphatic carbocycles. The molecule has 0 bridgehead atoms. The number of hydrogen-bond acceptors (Lipinski definition) is 3. The summed E-state index contributed by atoms with van der Waals surface area (Å²) in [6, 6.07) is 14.1. The fourth-order valence-corrected chi connectivity index (χ4v) is 2.37. The first-order valence-corrected chi connectivity index (χ1v) is 6.64. The Labute approximate surface area is 117 Å². The third-order valence-electron chi connectivity index (χ3n) is 3.35. The minimum absolute atomic E-state index is 0.593. The van der Waals surface area contributed by atoms with Gasteiger partial charge in [-0.3, -0.25) is 0 Å². The highest BCUT2D eigenvalue weighted by atomic mass is 16.5. The number of rotatable bonds is 4. The fourth-order valence-electron chi connectivity index (χ4n) is 2.37. The van der Waals surface area contributed by atoms with Crippen LogP contribution in [-0.2, 0) is 6.42 Å². The van der Waals surface area contributed by atoms with E-state index < -0.39 is 0 Å². The number of pyridine rings is 1. The molecule has 0 saturated carbocycles. The molecular formula is C16H17N3O. The molecule has 3 rings (SSSR count). The molecule has 20 heavy (non-hydrogen) atoms. The number of aromatic nitrogens is 2. The summed E-state index contributed by atoms with van der Waals surface area (Å²) < 4.78 is 7.30. The number of methoxy groups -OCH3 is 1. The summed E-state index contributed by atoms with van der Waals surface area (Å²) >= 11 is 0. The van der Waals surface area contributed by atoms with Gasteiger partial charge in [0.2, 0.25) is 0 Å². The van der Waals surface area contributed by atoms with Crippen LogP contribution in [-0.4, -0.2) is 23.0 Å². The first-order valence-electron chi connectivity index (χ1n) is 6.64. The van der Waals surface area contributed by atoms with Crippen LogP contribution in [0.4, 0.5) is 0 Å². The summed E-state index contributed by atoms with van der Waals surface area (Å²) in [6.45, 7) is 0.593. The third kappa shape index (κ3) is 2.14. The van der Waals surface area contributed by atoms with Crippen molar-refractivity contribution in [1.29, 1.82) is 0 Å². The van der Waals surface area contributed by atoms with Gasteiger partial charge in [-0.1, -0.05) is 6.07 Å². The Morgan fingerprint density at radius 1 is 1.15 bits per heavy atom. The van der Waals surface area contributed by atoms with Crippen LogP contribution < -0.4 is 10.5 Å². The molecule has 0 fully saturated rings. The average Bonchev–Trinajstić information content (AvgIpc) is 2.87. The van der Waals surface area contributed by atoms with Gasteiger partial charge in [0.1, 0.15) is 11.6 Å². The molecule has 0 saturated heterocycles. The van der Waals surface area contributed by atoms with Crippen molar-refractivity contribution in [2.75, 3.05) is 13.7 Å². The van der Waals surface area contributed by atoms with E-state index >= 15 is 0 Å². The van der Waals surface area contributed by atoms with Crippen molar-refractivity contribution in [3.8, 4) is 17.0 Å². The zero-order valence-corrected chi connectivity index (χ0v) is 11.4. The van der Waals surface area contributed by atoms with Crippen LogP contribution >= 0.6 is 0 Å². The smallest absolute Gasteiger partial charge is 0.118 e. The Kier molecular flexibility index (Phi) is 3.39. The molecule has 2 N–H and O–H groups in total. The topological polar surface area (TPSA) is 52.5 Å². The molecule has 0 radical (unpaired) electrons. The minimum atomic E-state index is 0.593. The van der Waals surface area contributed by atoms with Gasteiger partial charge in [0.25, 0.3) is 0 Å². The van der Waals surface area contributed by atoms with Crippen molar-refractivity contribution in [2.45, 2.75) is 6.42 Å². The molecule has 0 atom stereocenters. The van der Waals surface area contributed by atoms with Crippen molar-refractivity contribution in [3.63, 3.8) is 0 Å². The maximum atomic E-state index is 5.67. The lowest BCUT2D eigenvalue weighted by Crippen LogP contribution is -2.06. The maximum Gasteiger partial charge on any atom is 0.118 e. The molecular weight excluding hydrogens is 250 g/mol. The second-order valence-corrected chi connectivity index (χ2v) is 4.60. The molecule has 0 unspecified atom stereocenters. The fraction of sp³-hybridized carbons (Fsp3) is 0.188. The Balaban J connectivity index is 2.14. The second-order valence-electron chi connectivity index (χ2n) is 4.60. The highest BCUT2D eigenvalue weighted by Gasteiger charge is 2.11. The van der Waals surface area contributed by atoms with E-state index in [1.54, 1.807) is 7.11 Å². The van der Waals surface area contributed by atoms with Crippen LogP contribution in [0.25, 0.3) is 16.8 Å². The normalized spacial score (nSPS) is 10.9. The lowest BCUT2D eigenvalue weighted by molar-refractivity contribution is 0.415. The number of nitrogens with zero attached hydrogens (tertiary/aromatic N) is 2. The molecule has 0 spiro atoms. The lowest BCUT2D eigenvalue weighted by atomic mass is 10.1. The monoisotopic (exact) mass is 267 g/mol. The number of imidazole rings is 1. The van der Waals surface area contributed by atoms with Gasteiger partial charge >= 0.3 is 0 Å². The number of benzene rings is 1. The largest absolute Gasteiger partial charge is 0.497 e. The second kappa shape index (κ2) is 5.35. The highest BCUT2D eigenvalue weighted by Crippen LogP contribution is 2.26. The van der Waals surface area contributed by atoms with Crippen LogP contribution in [0, 0.1) is 0 Å². The Morgan fingerprint density at radius 2 is 1.95 bits per heavy atom. The standard InChI is InChI=1S/C16H17N3O/c1-20-13-7-5-12(6-8-13)16-14-4-2-3-11-19(14)15(18-16)9-10-17/h2-8,11H,9-10,17H2,1H3. The summed E-state index contributed by atoms with van der Waals surface area (Å²) in [5.74, 6) is 1.84. The molecule has 2 heterocycles. The first-order chi connectivity index (χ1) is 9.83. The Bertz CT molecular complexity index is 716. The number of hydrogen-bond donors (Lipinski definition) is 1. The van der Waals surface area contributed by atoms with E-state index in [2.05, 4.69) is 10.5 Å². The van der Waals surface area contributed by atoms with Gasteiger partial charge in [-0.2, -0.15) is 0 Å². The zero-order chi connectivity index (χ0) is 13.9. The van der Waals surface area contributed by atoms with Gasteiger partial charge in [0.05, 0.1) is 18.3 Å². The van der Waals surface area contributed by atoms with Gasteiger partial charge < -0.3 is 14.9 Å². The molecule has 1 aromatic carbocycles. The van der Waals surface area contributed by atoms with Gasteiger partial charge in [0.15, 0.2) is 0 Å². The summed E-state index contributed by atoms with van der Waals surface area (Å²) in [4.78, 5) is 4.75. The van der Waals surface area contributed by atoms with Crippen LogP contribution in [0.1, 0.15) is 5.82 Å². The molecule has 0 amide bonds. The molecule has 2 aromatic heterocycles. The molecule has 0 aliphatic heterocycles. The molecule has 4 heteroatoms. The van der Waals surface area contributed by atoms with Crippen molar-refractivity contribution in [2.24, 2.45) is 5.73 Å². The van der Waals surface area contributed by atoms with Crippen LogP contribution in [0.5, 0.6) is 5.75 Å².